The molecule has 5 nitrogen and oxygen atoms in total. The average Bonchev–Trinajstić information content (AvgIpc) is 3.37. The van der Waals surface area contributed by atoms with Gasteiger partial charge < -0.3 is 20.6 Å². The number of nitrogens with one attached hydrogen (secondary N) is 1. The Morgan fingerprint density at radius 2 is 0.606 bits per heavy atom. The van der Waals surface area contributed by atoms with Crippen LogP contribution < -0.4 is 5.32 Å². The molecule has 1 amide bonds. The molecule has 0 aliphatic carbocycles. The minimum atomic E-state index is -0.750. The van der Waals surface area contributed by atoms with E-state index in [2.05, 4.69) is 43.5 Å². The third-order valence-electron chi connectivity index (χ3n) is 15.5. The van der Waals surface area contributed by atoms with Crippen LogP contribution in [0.3, 0.4) is 0 Å². The van der Waals surface area contributed by atoms with Gasteiger partial charge >= 0.3 is 0 Å². The van der Waals surface area contributed by atoms with Gasteiger partial charge in [-0.1, -0.05) is 340 Å². The van der Waals surface area contributed by atoms with Crippen LogP contribution in [0.4, 0.5) is 0 Å². The predicted octanol–water partition coefficient (Wildman–Crippen LogP) is 20.8. The van der Waals surface area contributed by atoms with E-state index < -0.39 is 18.2 Å². The molecule has 3 atom stereocenters. The molecule has 0 aliphatic heterocycles. The summed E-state index contributed by atoms with van der Waals surface area (Å²) < 4.78 is 0. The van der Waals surface area contributed by atoms with Crippen molar-refractivity contribution in [2.45, 2.75) is 385 Å². The summed E-state index contributed by atoms with van der Waals surface area (Å²) in [4.78, 5) is 12.6. The second-order valence-corrected chi connectivity index (χ2v) is 22.7. The molecule has 0 radical (unpaired) electrons. The van der Waals surface area contributed by atoms with Crippen molar-refractivity contribution in [1.29, 1.82) is 0 Å². The summed E-state index contributed by atoms with van der Waals surface area (Å²) in [5.74, 6) is -0.276. The Labute approximate surface area is 445 Å². The minimum absolute atomic E-state index is 0.0398. The molecule has 0 aromatic heterocycles. The smallest absolute Gasteiger partial charge is 0.222 e. The number of hydrogen-bond donors (Lipinski definition) is 4. The first-order chi connectivity index (χ1) is 35.0. The van der Waals surface area contributed by atoms with Crippen LogP contribution in [-0.2, 0) is 4.79 Å². The Kier molecular flexibility index (Phi) is 60.4. The van der Waals surface area contributed by atoms with Gasteiger partial charge in [-0.05, 0) is 44.9 Å². The summed E-state index contributed by atoms with van der Waals surface area (Å²) >= 11 is 0. The van der Waals surface area contributed by atoms with Gasteiger partial charge in [-0.3, -0.25) is 4.79 Å². The van der Waals surface area contributed by atoms with E-state index in [4.69, 9.17) is 0 Å². The summed E-state index contributed by atoms with van der Waals surface area (Å²) in [5.41, 5.74) is 0. The van der Waals surface area contributed by atoms with Gasteiger partial charge in [0, 0.05) is 0 Å². The Hall–Kier alpha value is -1.17. The third kappa shape index (κ3) is 58.0. The largest absolute Gasteiger partial charge is 0.394 e. The van der Waals surface area contributed by atoms with E-state index in [0.717, 1.165) is 32.1 Å². The molecule has 0 saturated carbocycles. The number of hydrogen-bond acceptors (Lipinski definition) is 4. The molecule has 71 heavy (non-hydrogen) atoms. The highest BCUT2D eigenvalue weighted by molar-refractivity contribution is 5.76. The lowest BCUT2D eigenvalue weighted by atomic mass is 10.0. The predicted molar refractivity (Wildman–Crippen MR) is 315 cm³/mol. The summed E-state index contributed by atoms with van der Waals surface area (Å²) in [5, 5.41) is 33.8. The molecular weight excluding hydrogens is 871 g/mol. The zero-order chi connectivity index (χ0) is 51.4. The lowest BCUT2D eigenvalue weighted by molar-refractivity contribution is -0.125. The molecule has 0 spiro atoms. The molecule has 0 aromatic rings. The summed E-state index contributed by atoms with van der Waals surface area (Å²) in [7, 11) is 0. The maximum atomic E-state index is 12.6. The number of rotatable bonds is 61. The van der Waals surface area contributed by atoms with Crippen molar-refractivity contribution in [3.8, 4) is 0 Å². The normalized spacial score (nSPS) is 13.3. The van der Waals surface area contributed by atoms with Crippen LogP contribution in [-0.4, -0.2) is 46.1 Å². The van der Waals surface area contributed by atoms with Gasteiger partial charge in [0.25, 0.3) is 0 Å². The lowest BCUT2D eigenvalue weighted by Crippen LogP contribution is -2.46. The topological polar surface area (TPSA) is 89.8 Å². The second kappa shape index (κ2) is 61.4. The van der Waals surface area contributed by atoms with Gasteiger partial charge in [-0.2, -0.15) is 0 Å². The first-order valence-electron chi connectivity index (χ1n) is 32.6. The van der Waals surface area contributed by atoms with Crippen molar-refractivity contribution in [3.05, 3.63) is 24.3 Å². The monoisotopic (exact) mass is 1000 g/mol. The van der Waals surface area contributed by atoms with Crippen LogP contribution in [0.5, 0.6) is 0 Å². The Morgan fingerprint density at radius 1 is 0.352 bits per heavy atom. The molecule has 4 N–H and O–H groups in total. The van der Waals surface area contributed by atoms with Crippen molar-refractivity contribution in [3.63, 3.8) is 0 Å². The van der Waals surface area contributed by atoms with E-state index in [1.807, 2.05) is 0 Å². The van der Waals surface area contributed by atoms with E-state index >= 15 is 0 Å². The van der Waals surface area contributed by atoms with Crippen LogP contribution in [0, 0.1) is 0 Å². The Morgan fingerprint density at radius 3 is 0.887 bits per heavy atom. The number of unbranched alkanes of at least 4 members (excludes halogenated alkanes) is 48. The molecule has 0 aromatic carbocycles. The SMILES string of the molecule is CCCCCCCCCCC/C=C\C/C=C\CCCCCCCCCCCCCCCCCC(O)CC(=O)NC(CO)C(O)CCCCCCCCCCCCCCCCCCCCCCCCCCC. The molecule has 0 saturated heterocycles. The Balaban J connectivity index is 3.48. The van der Waals surface area contributed by atoms with E-state index in [9.17, 15) is 20.1 Å². The zero-order valence-corrected chi connectivity index (χ0v) is 48.4. The second-order valence-electron chi connectivity index (χ2n) is 22.7. The summed E-state index contributed by atoms with van der Waals surface area (Å²) in [6, 6.07) is -0.659. The molecule has 0 bridgehead atoms. The van der Waals surface area contributed by atoms with Crippen molar-refractivity contribution < 1.29 is 20.1 Å². The molecule has 0 aliphatic rings. The number of allylic oxidation sites excluding steroid dienone is 4. The highest BCUT2D eigenvalue weighted by atomic mass is 16.3. The molecular formula is C66H129NO4. The van der Waals surface area contributed by atoms with E-state index in [1.54, 1.807) is 0 Å². The zero-order valence-electron chi connectivity index (χ0n) is 48.4. The molecule has 5 heteroatoms. The van der Waals surface area contributed by atoms with E-state index in [0.29, 0.717) is 12.8 Å². The summed E-state index contributed by atoms with van der Waals surface area (Å²) in [6.45, 7) is 4.31. The molecule has 0 fully saturated rings. The van der Waals surface area contributed by atoms with Crippen molar-refractivity contribution in [2.75, 3.05) is 6.61 Å². The molecule has 0 rings (SSSR count). The fourth-order valence-corrected chi connectivity index (χ4v) is 10.6. The maximum absolute atomic E-state index is 12.6. The maximum Gasteiger partial charge on any atom is 0.222 e. The van der Waals surface area contributed by atoms with Crippen LogP contribution in [0.2, 0.25) is 0 Å². The average molecular weight is 1000 g/mol. The lowest BCUT2D eigenvalue weighted by Gasteiger charge is -2.23. The number of amides is 1. The van der Waals surface area contributed by atoms with Crippen LogP contribution in [0.25, 0.3) is 0 Å². The van der Waals surface area contributed by atoms with Gasteiger partial charge in [0.05, 0.1) is 31.3 Å². The molecule has 422 valence electrons. The van der Waals surface area contributed by atoms with Crippen molar-refractivity contribution in [1.82, 2.24) is 5.32 Å². The number of aliphatic hydroxyl groups is 3. The quantitative estimate of drug-likeness (QED) is 0.0361. The minimum Gasteiger partial charge on any atom is -0.394 e. The highest BCUT2D eigenvalue weighted by Crippen LogP contribution is 2.19. The fourth-order valence-electron chi connectivity index (χ4n) is 10.6. The van der Waals surface area contributed by atoms with Crippen molar-refractivity contribution >= 4 is 5.91 Å². The first-order valence-corrected chi connectivity index (χ1v) is 32.6. The van der Waals surface area contributed by atoms with Crippen LogP contribution in [0.15, 0.2) is 24.3 Å². The van der Waals surface area contributed by atoms with E-state index in [1.165, 1.54) is 302 Å². The third-order valence-corrected chi connectivity index (χ3v) is 15.5. The summed E-state index contributed by atoms with van der Waals surface area (Å²) in [6.07, 6.45) is 79.4. The standard InChI is InChI=1S/C66H129NO4/c1-3-5-7-9-11-13-15-17-19-21-23-25-27-29-30-31-32-33-34-36-37-39-41-43-45-47-49-51-53-55-57-59-63(69)61-66(71)67-64(62-68)65(70)60-58-56-54-52-50-48-46-44-42-40-38-35-28-26-24-22-20-18-16-14-12-10-8-6-4-2/h23,25,29-30,63-65,68-70H,3-22,24,26-28,31-62H2,1-2H3,(H,67,71)/b25-23-,30-29-. The van der Waals surface area contributed by atoms with Gasteiger partial charge in [0.15, 0.2) is 0 Å². The number of carbonyl (C=O) groups is 1. The van der Waals surface area contributed by atoms with Gasteiger partial charge in [-0.15, -0.1) is 0 Å². The van der Waals surface area contributed by atoms with Gasteiger partial charge in [0.2, 0.25) is 5.91 Å². The Bertz CT molecular complexity index is 1060. The molecule has 0 heterocycles. The fraction of sp³-hybridized carbons (Fsp3) is 0.924. The van der Waals surface area contributed by atoms with Crippen LogP contribution >= 0.6 is 0 Å². The first kappa shape index (κ1) is 69.8. The number of carbonyl (C=O) groups excluding carboxylic acids is 1. The van der Waals surface area contributed by atoms with Crippen molar-refractivity contribution in [2.24, 2.45) is 0 Å². The van der Waals surface area contributed by atoms with E-state index in [-0.39, 0.29) is 18.9 Å². The molecule has 3 unspecified atom stereocenters. The van der Waals surface area contributed by atoms with Gasteiger partial charge in [-0.25, -0.2) is 0 Å². The van der Waals surface area contributed by atoms with Gasteiger partial charge in [0.1, 0.15) is 0 Å². The highest BCUT2D eigenvalue weighted by Gasteiger charge is 2.21. The number of aliphatic hydroxyl groups excluding tert-OH is 3. The van der Waals surface area contributed by atoms with Crippen LogP contribution in [0.1, 0.15) is 367 Å².